The minimum Gasteiger partial charge on any atom is -0.342 e. The van der Waals surface area contributed by atoms with Crippen molar-refractivity contribution in [1.82, 2.24) is 10.2 Å². The fourth-order valence-corrected chi connectivity index (χ4v) is 2.73. The second-order valence-corrected chi connectivity index (χ2v) is 6.48. The Morgan fingerprint density at radius 3 is 2.41 bits per heavy atom. The zero-order valence-corrected chi connectivity index (χ0v) is 10.9. The Hall–Kier alpha value is -0.570. The highest BCUT2D eigenvalue weighted by atomic mass is 16.2. The van der Waals surface area contributed by atoms with Crippen LogP contribution in [0.25, 0.3) is 0 Å². The molecule has 96 valence electrons. The molecule has 0 unspecified atom stereocenters. The number of nitrogens with zero attached hydrogens (tertiary/aromatic N) is 1. The van der Waals surface area contributed by atoms with Crippen LogP contribution in [0.5, 0.6) is 0 Å². The third-order valence-corrected chi connectivity index (χ3v) is 4.69. The highest BCUT2D eigenvalue weighted by Crippen LogP contribution is 2.46. The summed E-state index contributed by atoms with van der Waals surface area (Å²) in [5, 5.41) is 3.66. The number of rotatable bonds is 4. The molecule has 1 saturated heterocycles. The van der Waals surface area contributed by atoms with Gasteiger partial charge in [-0.25, -0.2) is 0 Å². The number of amides is 1. The van der Waals surface area contributed by atoms with Crippen molar-refractivity contribution in [2.24, 2.45) is 11.3 Å². The fourth-order valence-electron chi connectivity index (χ4n) is 2.73. The summed E-state index contributed by atoms with van der Waals surface area (Å²) in [7, 11) is 0. The van der Waals surface area contributed by atoms with Crippen LogP contribution in [-0.2, 0) is 4.79 Å². The van der Waals surface area contributed by atoms with Crippen LogP contribution >= 0.6 is 0 Å². The molecule has 0 atom stereocenters. The molecule has 1 N–H and O–H groups in total. The molecule has 3 aliphatic rings. The summed E-state index contributed by atoms with van der Waals surface area (Å²) in [6.07, 6.45) is 7.34. The Labute approximate surface area is 104 Å². The third-order valence-electron chi connectivity index (χ3n) is 4.69. The Kier molecular flexibility index (Phi) is 2.89. The molecule has 3 heteroatoms. The fraction of sp³-hybridized carbons (Fsp3) is 0.929. The third kappa shape index (κ3) is 2.65. The standard InChI is InChI=1S/C14H24N2O/c1-14(6-7-14)13(17)16-8-4-12(5-9-16)15-10-11-2-3-11/h11-12,15H,2-10H2,1H3. The van der Waals surface area contributed by atoms with Gasteiger partial charge in [-0.2, -0.15) is 0 Å². The van der Waals surface area contributed by atoms with Gasteiger partial charge in [0.1, 0.15) is 0 Å². The summed E-state index contributed by atoms with van der Waals surface area (Å²) in [6, 6.07) is 0.659. The molecule has 2 aliphatic carbocycles. The smallest absolute Gasteiger partial charge is 0.228 e. The van der Waals surface area contributed by atoms with Gasteiger partial charge in [-0.05, 0) is 51.0 Å². The lowest BCUT2D eigenvalue weighted by molar-refractivity contribution is -0.137. The van der Waals surface area contributed by atoms with Gasteiger partial charge in [-0.1, -0.05) is 6.92 Å². The largest absolute Gasteiger partial charge is 0.342 e. The monoisotopic (exact) mass is 236 g/mol. The van der Waals surface area contributed by atoms with Gasteiger partial charge in [0.05, 0.1) is 0 Å². The second-order valence-electron chi connectivity index (χ2n) is 6.48. The minimum atomic E-state index is 0.0221. The quantitative estimate of drug-likeness (QED) is 0.807. The molecule has 1 heterocycles. The topological polar surface area (TPSA) is 32.3 Å². The van der Waals surface area contributed by atoms with Crippen molar-refractivity contribution in [3.8, 4) is 0 Å². The first kappa shape index (κ1) is 11.5. The van der Waals surface area contributed by atoms with Crippen LogP contribution in [0, 0.1) is 11.3 Å². The van der Waals surface area contributed by atoms with E-state index in [1.54, 1.807) is 0 Å². The maximum absolute atomic E-state index is 12.2. The first-order chi connectivity index (χ1) is 8.17. The maximum Gasteiger partial charge on any atom is 0.228 e. The molecule has 0 radical (unpaired) electrons. The Morgan fingerprint density at radius 2 is 1.88 bits per heavy atom. The van der Waals surface area contributed by atoms with E-state index < -0.39 is 0 Å². The molecule has 17 heavy (non-hydrogen) atoms. The van der Waals surface area contributed by atoms with Gasteiger partial charge < -0.3 is 10.2 Å². The van der Waals surface area contributed by atoms with Gasteiger partial charge in [-0.3, -0.25) is 4.79 Å². The Balaban J connectivity index is 1.41. The van der Waals surface area contributed by atoms with E-state index in [4.69, 9.17) is 0 Å². The lowest BCUT2D eigenvalue weighted by Crippen LogP contribution is -2.47. The van der Waals surface area contributed by atoms with Gasteiger partial charge in [0.15, 0.2) is 0 Å². The number of likely N-dealkylation sites (tertiary alicyclic amines) is 1. The van der Waals surface area contributed by atoms with Crippen molar-refractivity contribution in [3.05, 3.63) is 0 Å². The molecule has 0 aromatic carbocycles. The van der Waals surface area contributed by atoms with Crippen molar-refractivity contribution in [1.29, 1.82) is 0 Å². The number of piperidine rings is 1. The van der Waals surface area contributed by atoms with E-state index in [2.05, 4.69) is 17.1 Å². The Bertz CT molecular complexity index is 299. The van der Waals surface area contributed by atoms with Crippen LogP contribution in [0.4, 0.5) is 0 Å². The summed E-state index contributed by atoms with van der Waals surface area (Å²) < 4.78 is 0. The average molecular weight is 236 g/mol. The minimum absolute atomic E-state index is 0.0221. The second kappa shape index (κ2) is 4.27. The number of hydrogen-bond acceptors (Lipinski definition) is 2. The van der Waals surface area contributed by atoms with Gasteiger partial charge in [0.2, 0.25) is 5.91 Å². The summed E-state index contributed by atoms with van der Waals surface area (Å²) in [6.45, 7) is 5.26. The van der Waals surface area contributed by atoms with Crippen molar-refractivity contribution >= 4 is 5.91 Å². The summed E-state index contributed by atoms with van der Waals surface area (Å²) in [4.78, 5) is 14.3. The zero-order chi connectivity index (χ0) is 11.9. The van der Waals surface area contributed by atoms with Crippen molar-refractivity contribution < 1.29 is 4.79 Å². The molecule has 3 fully saturated rings. The summed E-state index contributed by atoms with van der Waals surface area (Å²) in [5.41, 5.74) is 0.0221. The predicted molar refractivity (Wildman–Crippen MR) is 67.7 cm³/mol. The van der Waals surface area contributed by atoms with Gasteiger partial charge in [-0.15, -0.1) is 0 Å². The van der Waals surface area contributed by atoms with E-state index in [1.165, 1.54) is 19.4 Å². The highest BCUT2D eigenvalue weighted by molar-refractivity contribution is 5.84. The van der Waals surface area contributed by atoms with E-state index in [-0.39, 0.29) is 5.41 Å². The number of carbonyl (C=O) groups is 1. The first-order valence-electron chi connectivity index (χ1n) is 7.20. The van der Waals surface area contributed by atoms with E-state index >= 15 is 0 Å². The predicted octanol–water partition coefficient (Wildman–Crippen LogP) is 1.78. The summed E-state index contributed by atoms with van der Waals surface area (Å²) >= 11 is 0. The van der Waals surface area contributed by atoms with E-state index in [9.17, 15) is 4.79 Å². The molecule has 3 nitrogen and oxygen atoms in total. The van der Waals surface area contributed by atoms with Crippen LogP contribution in [0.2, 0.25) is 0 Å². The molecule has 2 saturated carbocycles. The SMILES string of the molecule is CC1(C(=O)N2CCC(NCC3CC3)CC2)CC1. The normalized spacial score (nSPS) is 28.2. The molecule has 0 bridgehead atoms. The van der Waals surface area contributed by atoms with Gasteiger partial charge >= 0.3 is 0 Å². The van der Waals surface area contributed by atoms with Crippen molar-refractivity contribution in [2.75, 3.05) is 19.6 Å². The van der Waals surface area contributed by atoms with Crippen LogP contribution in [0.15, 0.2) is 0 Å². The molecule has 1 amide bonds. The zero-order valence-electron chi connectivity index (χ0n) is 10.9. The van der Waals surface area contributed by atoms with Crippen LogP contribution in [0.1, 0.15) is 45.4 Å². The molecule has 0 aromatic heterocycles. The number of nitrogens with one attached hydrogen (secondary N) is 1. The van der Waals surface area contributed by atoms with E-state index in [0.29, 0.717) is 11.9 Å². The molecule has 0 aromatic rings. The van der Waals surface area contributed by atoms with Crippen LogP contribution in [0.3, 0.4) is 0 Å². The Morgan fingerprint density at radius 1 is 1.24 bits per heavy atom. The lowest BCUT2D eigenvalue weighted by Gasteiger charge is -2.34. The highest BCUT2D eigenvalue weighted by Gasteiger charge is 2.47. The van der Waals surface area contributed by atoms with E-state index in [0.717, 1.165) is 44.7 Å². The van der Waals surface area contributed by atoms with Crippen molar-refractivity contribution in [2.45, 2.75) is 51.5 Å². The number of hydrogen-bond donors (Lipinski definition) is 1. The summed E-state index contributed by atoms with van der Waals surface area (Å²) in [5.74, 6) is 1.37. The molecule has 0 spiro atoms. The van der Waals surface area contributed by atoms with Crippen molar-refractivity contribution in [3.63, 3.8) is 0 Å². The first-order valence-corrected chi connectivity index (χ1v) is 7.20. The molecular weight excluding hydrogens is 212 g/mol. The van der Waals surface area contributed by atoms with E-state index in [1.807, 2.05) is 0 Å². The maximum atomic E-state index is 12.2. The molecule has 1 aliphatic heterocycles. The number of carbonyl (C=O) groups excluding carboxylic acids is 1. The lowest BCUT2D eigenvalue weighted by atomic mass is 10.0. The van der Waals surface area contributed by atoms with Gasteiger partial charge in [0, 0.05) is 24.5 Å². The van der Waals surface area contributed by atoms with Crippen LogP contribution in [-0.4, -0.2) is 36.5 Å². The van der Waals surface area contributed by atoms with Gasteiger partial charge in [0.25, 0.3) is 0 Å². The molecule has 3 rings (SSSR count). The van der Waals surface area contributed by atoms with Crippen LogP contribution < -0.4 is 5.32 Å². The molecular formula is C14H24N2O. The average Bonchev–Trinajstić information content (AvgIpc) is 3.23.